The second kappa shape index (κ2) is 7.73. The van der Waals surface area contributed by atoms with Crippen LogP contribution in [0.2, 0.25) is 0 Å². The number of aromatic nitrogens is 1. The van der Waals surface area contributed by atoms with Gasteiger partial charge in [0.2, 0.25) is 0 Å². The molecule has 1 saturated heterocycles. The summed E-state index contributed by atoms with van der Waals surface area (Å²) < 4.78 is 0. The Labute approximate surface area is 141 Å². The molecule has 124 valence electrons. The molecular weight excluding hydrogens is 302 g/mol. The minimum absolute atomic E-state index is 0.0991. The minimum Gasteiger partial charge on any atom is -0.348 e. The second-order valence-electron chi connectivity index (χ2n) is 5.97. The molecule has 2 amide bonds. The lowest BCUT2D eigenvalue weighted by molar-refractivity contribution is 0.0724. The number of nitrogens with zero attached hydrogens (tertiary/aromatic N) is 2. The zero-order chi connectivity index (χ0) is 16.8. The predicted octanol–water partition coefficient (Wildman–Crippen LogP) is 2.64. The highest BCUT2D eigenvalue weighted by molar-refractivity contribution is 5.95. The van der Waals surface area contributed by atoms with Gasteiger partial charge < -0.3 is 10.2 Å². The first-order valence-corrected chi connectivity index (χ1v) is 8.30. The van der Waals surface area contributed by atoms with E-state index in [0.29, 0.717) is 17.7 Å². The number of carbonyl (C=O) groups is 2. The molecule has 1 aromatic heterocycles. The lowest BCUT2D eigenvalue weighted by atomic mass is 10.1. The zero-order valence-corrected chi connectivity index (χ0v) is 13.6. The summed E-state index contributed by atoms with van der Waals surface area (Å²) in [4.78, 5) is 30.2. The van der Waals surface area contributed by atoms with Crippen molar-refractivity contribution in [3.63, 3.8) is 0 Å². The topological polar surface area (TPSA) is 62.3 Å². The van der Waals surface area contributed by atoms with Crippen molar-refractivity contribution >= 4 is 11.8 Å². The van der Waals surface area contributed by atoms with Gasteiger partial charge in [-0.1, -0.05) is 12.1 Å². The summed E-state index contributed by atoms with van der Waals surface area (Å²) in [6.45, 7) is 2.13. The highest BCUT2D eigenvalue weighted by Crippen LogP contribution is 2.14. The molecule has 1 aliphatic heterocycles. The van der Waals surface area contributed by atoms with Gasteiger partial charge in [0, 0.05) is 43.2 Å². The van der Waals surface area contributed by atoms with E-state index < -0.39 is 0 Å². The van der Waals surface area contributed by atoms with Crippen LogP contribution in [0.25, 0.3) is 0 Å². The Balaban J connectivity index is 1.56. The van der Waals surface area contributed by atoms with Gasteiger partial charge in [-0.2, -0.15) is 0 Å². The third-order valence-electron chi connectivity index (χ3n) is 4.24. The Hall–Kier alpha value is -2.69. The summed E-state index contributed by atoms with van der Waals surface area (Å²) in [5.74, 6) is -0.0343. The molecule has 1 N–H and O–H groups in total. The van der Waals surface area contributed by atoms with Crippen LogP contribution in [0.1, 0.15) is 45.5 Å². The summed E-state index contributed by atoms with van der Waals surface area (Å²) in [5.41, 5.74) is 2.26. The average Bonchev–Trinajstić information content (AvgIpc) is 2.67. The fourth-order valence-corrected chi connectivity index (χ4v) is 2.83. The predicted molar refractivity (Wildman–Crippen MR) is 91.6 cm³/mol. The van der Waals surface area contributed by atoms with Gasteiger partial charge in [0.15, 0.2) is 0 Å². The number of amides is 2. The smallest absolute Gasteiger partial charge is 0.253 e. The van der Waals surface area contributed by atoms with E-state index >= 15 is 0 Å². The van der Waals surface area contributed by atoms with Crippen LogP contribution in [-0.4, -0.2) is 34.8 Å². The maximum absolute atomic E-state index is 12.4. The Morgan fingerprint density at radius 3 is 2.25 bits per heavy atom. The number of likely N-dealkylation sites (tertiary alicyclic amines) is 1. The standard InChI is InChI=1S/C19H21N3O2/c23-18(16-8-10-20-11-9-16)21-14-15-4-6-17(7-5-15)19(24)22-12-2-1-3-13-22/h4-11H,1-3,12-14H2,(H,21,23). The first-order valence-electron chi connectivity index (χ1n) is 8.30. The fourth-order valence-electron chi connectivity index (χ4n) is 2.83. The van der Waals surface area contributed by atoms with Crippen molar-refractivity contribution in [2.45, 2.75) is 25.8 Å². The molecule has 0 radical (unpaired) electrons. The van der Waals surface area contributed by atoms with Crippen molar-refractivity contribution < 1.29 is 9.59 Å². The van der Waals surface area contributed by atoms with Crippen LogP contribution in [0.4, 0.5) is 0 Å². The lowest BCUT2D eigenvalue weighted by Gasteiger charge is -2.26. The van der Waals surface area contributed by atoms with Gasteiger partial charge >= 0.3 is 0 Å². The van der Waals surface area contributed by atoms with Crippen molar-refractivity contribution in [1.82, 2.24) is 15.2 Å². The molecule has 1 aliphatic rings. The Morgan fingerprint density at radius 1 is 0.917 bits per heavy atom. The summed E-state index contributed by atoms with van der Waals surface area (Å²) in [5, 5.41) is 2.87. The van der Waals surface area contributed by atoms with Crippen molar-refractivity contribution in [2.75, 3.05) is 13.1 Å². The lowest BCUT2D eigenvalue weighted by Crippen LogP contribution is -2.35. The van der Waals surface area contributed by atoms with Crippen LogP contribution >= 0.6 is 0 Å². The van der Waals surface area contributed by atoms with E-state index in [9.17, 15) is 9.59 Å². The first kappa shape index (κ1) is 16.2. The molecule has 3 rings (SSSR count). The van der Waals surface area contributed by atoms with Gasteiger partial charge in [-0.05, 0) is 49.1 Å². The first-order chi connectivity index (χ1) is 11.7. The minimum atomic E-state index is -0.133. The van der Waals surface area contributed by atoms with E-state index in [2.05, 4.69) is 10.3 Å². The van der Waals surface area contributed by atoms with Gasteiger partial charge in [0.05, 0.1) is 0 Å². The molecule has 0 atom stereocenters. The number of benzene rings is 1. The third-order valence-corrected chi connectivity index (χ3v) is 4.24. The molecule has 0 saturated carbocycles. The largest absolute Gasteiger partial charge is 0.348 e. The van der Waals surface area contributed by atoms with Gasteiger partial charge in [0.25, 0.3) is 11.8 Å². The van der Waals surface area contributed by atoms with Crippen LogP contribution in [0, 0.1) is 0 Å². The highest BCUT2D eigenvalue weighted by Gasteiger charge is 2.17. The van der Waals surface area contributed by atoms with E-state index in [4.69, 9.17) is 0 Å². The van der Waals surface area contributed by atoms with E-state index in [1.165, 1.54) is 6.42 Å². The van der Waals surface area contributed by atoms with Gasteiger partial charge in [0.1, 0.15) is 0 Å². The summed E-state index contributed by atoms with van der Waals surface area (Å²) in [7, 11) is 0. The number of pyridine rings is 1. The molecule has 5 heteroatoms. The maximum Gasteiger partial charge on any atom is 0.253 e. The summed E-state index contributed by atoms with van der Waals surface area (Å²) >= 11 is 0. The SMILES string of the molecule is O=C(NCc1ccc(C(=O)N2CCCCC2)cc1)c1ccncc1. The van der Waals surface area contributed by atoms with E-state index in [1.807, 2.05) is 29.2 Å². The quantitative estimate of drug-likeness (QED) is 0.941. The van der Waals surface area contributed by atoms with Crippen molar-refractivity contribution in [2.24, 2.45) is 0 Å². The number of rotatable bonds is 4. The molecule has 24 heavy (non-hydrogen) atoms. The summed E-state index contributed by atoms with van der Waals surface area (Å²) in [6, 6.07) is 10.8. The monoisotopic (exact) mass is 323 g/mol. The van der Waals surface area contributed by atoms with Gasteiger partial charge in [-0.3, -0.25) is 14.6 Å². The molecule has 0 spiro atoms. The Bertz CT molecular complexity index is 692. The molecule has 2 heterocycles. The molecule has 1 aromatic carbocycles. The van der Waals surface area contributed by atoms with Crippen LogP contribution in [0.15, 0.2) is 48.8 Å². The van der Waals surface area contributed by atoms with Crippen LogP contribution < -0.4 is 5.32 Å². The fraction of sp³-hybridized carbons (Fsp3) is 0.316. The number of hydrogen-bond donors (Lipinski definition) is 1. The molecule has 2 aromatic rings. The van der Waals surface area contributed by atoms with Crippen molar-refractivity contribution in [3.05, 3.63) is 65.5 Å². The van der Waals surface area contributed by atoms with Gasteiger partial charge in [-0.15, -0.1) is 0 Å². The molecule has 0 bridgehead atoms. The highest BCUT2D eigenvalue weighted by atomic mass is 16.2. The Kier molecular flexibility index (Phi) is 5.21. The molecule has 1 fully saturated rings. The third kappa shape index (κ3) is 3.98. The van der Waals surface area contributed by atoms with Crippen LogP contribution in [-0.2, 0) is 6.54 Å². The zero-order valence-electron chi connectivity index (χ0n) is 13.6. The second-order valence-corrected chi connectivity index (χ2v) is 5.97. The molecular formula is C19H21N3O2. The normalized spacial score (nSPS) is 14.2. The Morgan fingerprint density at radius 2 is 1.58 bits per heavy atom. The molecule has 0 aliphatic carbocycles. The molecule has 5 nitrogen and oxygen atoms in total. The number of hydrogen-bond acceptors (Lipinski definition) is 3. The number of nitrogens with one attached hydrogen (secondary N) is 1. The molecule has 0 unspecified atom stereocenters. The summed E-state index contributed by atoms with van der Waals surface area (Å²) in [6.07, 6.45) is 6.57. The van der Waals surface area contributed by atoms with Crippen LogP contribution in [0.3, 0.4) is 0 Å². The van der Waals surface area contributed by atoms with E-state index in [-0.39, 0.29) is 11.8 Å². The van der Waals surface area contributed by atoms with Crippen molar-refractivity contribution in [1.29, 1.82) is 0 Å². The van der Waals surface area contributed by atoms with Crippen molar-refractivity contribution in [3.8, 4) is 0 Å². The average molecular weight is 323 g/mol. The number of carbonyl (C=O) groups excluding carboxylic acids is 2. The number of piperidine rings is 1. The van der Waals surface area contributed by atoms with E-state index in [1.54, 1.807) is 24.5 Å². The van der Waals surface area contributed by atoms with E-state index in [0.717, 1.165) is 31.5 Å². The van der Waals surface area contributed by atoms with Crippen LogP contribution in [0.5, 0.6) is 0 Å². The van der Waals surface area contributed by atoms with Gasteiger partial charge in [-0.25, -0.2) is 0 Å². The maximum atomic E-state index is 12.4.